The van der Waals surface area contributed by atoms with Crippen molar-refractivity contribution in [2.45, 2.75) is 6.18 Å². The second-order valence-electron chi connectivity index (χ2n) is 1.73. The smallest absolute Gasteiger partial charge is 0.455 e. The fraction of sp³-hybridized carbons (Fsp3) is 0.250. The summed E-state index contributed by atoms with van der Waals surface area (Å²) in [5.74, 6) is -4.37. The van der Waals surface area contributed by atoms with Crippen LogP contribution in [0.1, 0.15) is 16.5 Å². The van der Waals surface area contributed by atoms with E-state index in [0.717, 1.165) is 0 Å². The molecule has 1 aromatic heterocycles. The third-order valence-electron chi connectivity index (χ3n) is 0.863. The molecule has 0 aliphatic rings. The number of alkyl halides is 3. The van der Waals surface area contributed by atoms with E-state index in [1.165, 1.54) is 0 Å². The standard InChI is InChI=1S/C4HF3N2O3/c5-4(6,7)3-8-1(2(10)11)12-9-3/h(H,10,11). The summed E-state index contributed by atoms with van der Waals surface area (Å²) in [5.41, 5.74) is 0. The summed E-state index contributed by atoms with van der Waals surface area (Å²) in [6.07, 6.45) is -4.78. The van der Waals surface area contributed by atoms with Gasteiger partial charge in [0, 0.05) is 0 Å². The Bertz CT molecular complexity index is 305. The number of nitrogens with zero attached hydrogens (tertiary/aromatic N) is 2. The van der Waals surface area contributed by atoms with Crippen molar-refractivity contribution in [3.63, 3.8) is 0 Å². The van der Waals surface area contributed by atoms with Crippen LogP contribution in [-0.4, -0.2) is 21.2 Å². The highest BCUT2D eigenvalue weighted by Crippen LogP contribution is 2.25. The number of halogens is 3. The van der Waals surface area contributed by atoms with E-state index in [4.69, 9.17) is 5.11 Å². The Kier molecular flexibility index (Phi) is 1.75. The molecule has 12 heavy (non-hydrogen) atoms. The van der Waals surface area contributed by atoms with Gasteiger partial charge in [-0.1, -0.05) is 5.16 Å². The van der Waals surface area contributed by atoms with Gasteiger partial charge in [-0.05, 0) is 0 Å². The van der Waals surface area contributed by atoms with Crippen LogP contribution in [0.25, 0.3) is 0 Å². The van der Waals surface area contributed by atoms with Crippen LogP contribution in [0.3, 0.4) is 0 Å². The van der Waals surface area contributed by atoms with Crippen molar-refractivity contribution in [2.24, 2.45) is 0 Å². The van der Waals surface area contributed by atoms with Gasteiger partial charge >= 0.3 is 18.0 Å². The lowest BCUT2D eigenvalue weighted by atomic mass is 10.6. The van der Waals surface area contributed by atoms with E-state index in [2.05, 4.69) is 14.7 Å². The minimum absolute atomic E-state index is 1.08. The fourth-order valence-electron chi connectivity index (χ4n) is 0.425. The van der Waals surface area contributed by atoms with Gasteiger partial charge in [0.05, 0.1) is 0 Å². The predicted octanol–water partition coefficient (Wildman–Crippen LogP) is 0.787. The van der Waals surface area contributed by atoms with Gasteiger partial charge in [0.2, 0.25) is 0 Å². The SMILES string of the molecule is O=C(O)c1nc(C(F)(F)F)no1. The van der Waals surface area contributed by atoms with E-state index in [9.17, 15) is 18.0 Å². The van der Waals surface area contributed by atoms with Crippen molar-refractivity contribution in [1.29, 1.82) is 0 Å². The van der Waals surface area contributed by atoms with Crippen LogP contribution in [0.15, 0.2) is 4.52 Å². The quantitative estimate of drug-likeness (QED) is 0.694. The monoisotopic (exact) mass is 182 g/mol. The van der Waals surface area contributed by atoms with Crippen molar-refractivity contribution in [1.82, 2.24) is 10.1 Å². The zero-order valence-corrected chi connectivity index (χ0v) is 5.29. The normalized spacial score (nSPS) is 11.6. The maximum absolute atomic E-state index is 11.7. The molecule has 1 rings (SSSR count). The van der Waals surface area contributed by atoms with Crippen molar-refractivity contribution >= 4 is 5.97 Å². The van der Waals surface area contributed by atoms with Crippen LogP contribution in [0.4, 0.5) is 13.2 Å². The lowest BCUT2D eigenvalue weighted by molar-refractivity contribution is -0.146. The molecule has 1 heterocycles. The van der Waals surface area contributed by atoms with Gasteiger partial charge in [-0.25, -0.2) is 4.79 Å². The fourth-order valence-corrected chi connectivity index (χ4v) is 0.425. The summed E-state index contributed by atoms with van der Waals surface area (Å²) in [7, 11) is 0. The number of carboxylic acids is 1. The molecular formula is C4HF3N2O3. The zero-order valence-electron chi connectivity index (χ0n) is 5.29. The molecule has 0 spiro atoms. The molecule has 5 nitrogen and oxygen atoms in total. The summed E-state index contributed by atoms with van der Waals surface area (Å²) >= 11 is 0. The average Bonchev–Trinajstić information content (AvgIpc) is 2.30. The Morgan fingerprint density at radius 1 is 1.50 bits per heavy atom. The molecule has 0 saturated heterocycles. The van der Waals surface area contributed by atoms with Gasteiger partial charge in [-0.2, -0.15) is 18.2 Å². The third kappa shape index (κ3) is 1.52. The topological polar surface area (TPSA) is 76.2 Å². The van der Waals surface area contributed by atoms with Crippen LogP contribution >= 0.6 is 0 Å². The van der Waals surface area contributed by atoms with Crippen LogP contribution in [-0.2, 0) is 6.18 Å². The molecule has 0 fully saturated rings. The molecule has 0 aliphatic carbocycles. The summed E-state index contributed by atoms with van der Waals surface area (Å²) in [6.45, 7) is 0. The number of hydrogen-bond acceptors (Lipinski definition) is 4. The van der Waals surface area contributed by atoms with Crippen molar-refractivity contribution in [2.75, 3.05) is 0 Å². The molecule has 0 radical (unpaired) electrons. The van der Waals surface area contributed by atoms with Gasteiger partial charge in [-0.3, -0.25) is 0 Å². The largest absolute Gasteiger partial charge is 0.474 e. The zero-order chi connectivity index (χ0) is 9.35. The Morgan fingerprint density at radius 2 is 2.08 bits per heavy atom. The van der Waals surface area contributed by atoms with Crippen molar-refractivity contribution < 1.29 is 27.6 Å². The maximum Gasteiger partial charge on any atom is 0.455 e. The van der Waals surface area contributed by atoms with E-state index in [1.807, 2.05) is 0 Å². The first kappa shape index (κ1) is 8.50. The highest BCUT2D eigenvalue weighted by Gasteiger charge is 2.38. The van der Waals surface area contributed by atoms with Crippen LogP contribution in [0, 0.1) is 0 Å². The van der Waals surface area contributed by atoms with Gasteiger partial charge in [0.1, 0.15) is 0 Å². The molecule has 1 aromatic rings. The molecular weight excluding hydrogens is 181 g/mol. The highest BCUT2D eigenvalue weighted by molar-refractivity contribution is 5.81. The van der Waals surface area contributed by atoms with E-state index in [-0.39, 0.29) is 0 Å². The van der Waals surface area contributed by atoms with Gasteiger partial charge in [-0.15, -0.1) is 0 Å². The van der Waals surface area contributed by atoms with Crippen molar-refractivity contribution in [3.8, 4) is 0 Å². The molecule has 0 bridgehead atoms. The predicted molar refractivity (Wildman–Crippen MR) is 26.3 cm³/mol. The van der Waals surface area contributed by atoms with E-state index >= 15 is 0 Å². The Morgan fingerprint density at radius 3 is 2.33 bits per heavy atom. The Labute approximate surface area is 62.8 Å². The van der Waals surface area contributed by atoms with Crippen LogP contribution in [0.2, 0.25) is 0 Å². The molecule has 8 heteroatoms. The molecule has 0 aromatic carbocycles. The molecule has 1 N–H and O–H groups in total. The minimum Gasteiger partial charge on any atom is -0.474 e. The lowest BCUT2D eigenvalue weighted by Gasteiger charge is -1.95. The third-order valence-corrected chi connectivity index (χ3v) is 0.863. The number of aromatic nitrogens is 2. The number of hydrogen-bond donors (Lipinski definition) is 1. The van der Waals surface area contributed by atoms with Gasteiger partial charge in [0.15, 0.2) is 0 Å². The molecule has 0 aliphatic heterocycles. The number of aromatic carboxylic acids is 1. The first-order valence-corrected chi connectivity index (χ1v) is 2.55. The minimum atomic E-state index is -4.78. The highest BCUT2D eigenvalue weighted by atomic mass is 19.4. The van der Waals surface area contributed by atoms with E-state index in [0.29, 0.717) is 0 Å². The summed E-state index contributed by atoms with van der Waals surface area (Å²) in [4.78, 5) is 12.6. The van der Waals surface area contributed by atoms with Gasteiger partial charge in [0.25, 0.3) is 5.82 Å². The first-order valence-electron chi connectivity index (χ1n) is 2.55. The summed E-state index contributed by atoms with van der Waals surface area (Å²) in [5, 5.41) is 10.5. The first-order chi connectivity index (χ1) is 5.41. The molecule has 0 atom stereocenters. The van der Waals surface area contributed by atoms with Crippen LogP contribution in [0.5, 0.6) is 0 Å². The molecule has 0 saturated carbocycles. The number of carboxylic acid groups (broad SMARTS) is 1. The second-order valence-corrected chi connectivity index (χ2v) is 1.73. The second kappa shape index (κ2) is 2.47. The number of carbonyl (C=O) groups is 1. The van der Waals surface area contributed by atoms with Crippen LogP contribution < -0.4 is 0 Å². The molecule has 66 valence electrons. The summed E-state index contributed by atoms with van der Waals surface area (Å²) < 4.78 is 38.8. The molecule has 0 amide bonds. The summed E-state index contributed by atoms with van der Waals surface area (Å²) in [6, 6.07) is 0. The van der Waals surface area contributed by atoms with Crippen molar-refractivity contribution in [3.05, 3.63) is 11.7 Å². The van der Waals surface area contributed by atoms with E-state index in [1.54, 1.807) is 0 Å². The molecule has 0 unspecified atom stereocenters. The lowest BCUT2D eigenvalue weighted by Crippen LogP contribution is -2.08. The van der Waals surface area contributed by atoms with E-state index < -0.39 is 23.9 Å². The maximum atomic E-state index is 11.7. The Balaban J connectivity index is 3.00. The number of rotatable bonds is 1. The Hall–Kier alpha value is -1.60. The average molecular weight is 182 g/mol. The van der Waals surface area contributed by atoms with Gasteiger partial charge < -0.3 is 9.63 Å².